The predicted octanol–water partition coefficient (Wildman–Crippen LogP) is 5.33. The molecule has 6 heteroatoms. The average Bonchev–Trinajstić information content (AvgIpc) is 2.84. The maximum absolute atomic E-state index is 12.8. The maximum atomic E-state index is 12.8. The maximum Gasteiger partial charge on any atom is 0.314 e. The van der Waals surface area contributed by atoms with Gasteiger partial charge in [-0.25, -0.2) is 0 Å². The van der Waals surface area contributed by atoms with Crippen LogP contribution in [-0.4, -0.2) is 11.9 Å². The van der Waals surface area contributed by atoms with Crippen LogP contribution in [0.25, 0.3) is 0 Å². The van der Waals surface area contributed by atoms with E-state index in [2.05, 4.69) is 31.9 Å². The number of ether oxygens (including phenoxy) is 2. The molecule has 4 atom stereocenters. The Morgan fingerprint density at radius 3 is 1.63 bits per heavy atom. The topological polar surface area (TPSA) is 52.6 Å². The summed E-state index contributed by atoms with van der Waals surface area (Å²) in [5.74, 6) is 0.108. The molecule has 3 aliphatic rings. The number of esters is 2. The standard InChI is InChI=1S/C21H16Br2O4/c22-10-4-6-16-14(8-10)18-12(20(24)26-16)2-1-3-13-19(18)15-9-11(23)5-7-17(15)27-21(13)25/h4-9,12-13,18-19H,1-3H2/t12?,13?,18-,19+. The van der Waals surface area contributed by atoms with E-state index in [1.807, 2.05) is 36.4 Å². The van der Waals surface area contributed by atoms with Crippen LogP contribution in [0.2, 0.25) is 0 Å². The average molecular weight is 492 g/mol. The van der Waals surface area contributed by atoms with E-state index in [1.165, 1.54) is 0 Å². The van der Waals surface area contributed by atoms with Crippen molar-refractivity contribution in [3.63, 3.8) is 0 Å². The highest BCUT2D eigenvalue weighted by Crippen LogP contribution is 2.57. The van der Waals surface area contributed by atoms with Gasteiger partial charge in [0.2, 0.25) is 0 Å². The number of hydrogen-bond donors (Lipinski definition) is 0. The molecule has 0 aromatic heterocycles. The SMILES string of the molecule is O=C1Oc2ccc(Br)cc2[C@@H]2C1CCCC1C(=O)Oc3ccc(Br)cc3[C@@H]12. The quantitative estimate of drug-likeness (QED) is 0.369. The van der Waals surface area contributed by atoms with Crippen molar-refractivity contribution in [1.29, 1.82) is 0 Å². The summed E-state index contributed by atoms with van der Waals surface area (Å²) in [6.45, 7) is 0. The molecular formula is C21H16Br2O4. The van der Waals surface area contributed by atoms with E-state index >= 15 is 0 Å². The molecule has 0 spiro atoms. The minimum absolute atomic E-state index is 0.104. The lowest BCUT2D eigenvalue weighted by Gasteiger charge is -2.40. The van der Waals surface area contributed by atoms with Gasteiger partial charge in [-0.05, 0) is 49.2 Å². The van der Waals surface area contributed by atoms with E-state index in [0.717, 1.165) is 39.3 Å². The van der Waals surface area contributed by atoms with Crippen LogP contribution < -0.4 is 9.47 Å². The molecule has 1 fully saturated rings. The monoisotopic (exact) mass is 490 g/mol. The number of carbonyl (C=O) groups excluding carboxylic acids is 2. The van der Waals surface area contributed by atoms with E-state index in [9.17, 15) is 9.59 Å². The molecule has 1 aliphatic carbocycles. The van der Waals surface area contributed by atoms with Gasteiger partial charge >= 0.3 is 11.9 Å². The van der Waals surface area contributed by atoms with Crippen molar-refractivity contribution in [2.24, 2.45) is 11.8 Å². The fourth-order valence-electron chi connectivity index (χ4n) is 4.88. The van der Waals surface area contributed by atoms with E-state index in [1.54, 1.807) is 0 Å². The Bertz CT molecular complexity index is 893. The lowest BCUT2D eigenvalue weighted by atomic mass is 9.67. The molecule has 27 heavy (non-hydrogen) atoms. The van der Waals surface area contributed by atoms with Gasteiger partial charge in [0.1, 0.15) is 11.5 Å². The summed E-state index contributed by atoms with van der Waals surface area (Å²) >= 11 is 7.09. The molecule has 5 rings (SSSR count). The molecule has 2 aromatic rings. The minimum atomic E-state index is -0.250. The van der Waals surface area contributed by atoms with E-state index in [4.69, 9.17) is 9.47 Å². The highest BCUT2D eigenvalue weighted by atomic mass is 79.9. The summed E-state index contributed by atoms with van der Waals surface area (Å²) in [5, 5.41) is 0. The molecule has 4 nitrogen and oxygen atoms in total. The summed E-state index contributed by atoms with van der Waals surface area (Å²) in [6, 6.07) is 11.5. The molecule has 0 N–H and O–H groups in total. The van der Waals surface area contributed by atoms with Crippen molar-refractivity contribution >= 4 is 43.8 Å². The summed E-state index contributed by atoms with van der Waals surface area (Å²) in [4.78, 5) is 25.6. The van der Waals surface area contributed by atoms with Crippen LogP contribution in [0.1, 0.15) is 42.2 Å². The van der Waals surface area contributed by atoms with Gasteiger partial charge in [-0.15, -0.1) is 0 Å². The molecule has 2 heterocycles. The lowest BCUT2D eigenvalue weighted by molar-refractivity contribution is -0.145. The summed E-state index contributed by atoms with van der Waals surface area (Å²) < 4.78 is 13.2. The molecule has 2 aliphatic heterocycles. The number of fused-ring (bicyclic) bond motifs is 7. The van der Waals surface area contributed by atoms with Crippen molar-refractivity contribution in [2.45, 2.75) is 31.1 Å². The Morgan fingerprint density at radius 2 is 1.19 bits per heavy atom. The Hall–Kier alpha value is -1.66. The Balaban J connectivity index is 1.76. The molecule has 2 aromatic carbocycles. The minimum Gasteiger partial charge on any atom is -0.426 e. The molecular weight excluding hydrogens is 476 g/mol. The fraction of sp³-hybridized carbons (Fsp3) is 0.333. The second kappa shape index (κ2) is 6.45. The molecule has 2 unspecified atom stereocenters. The van der Waals surface area contributed by atoms with Crippen molar-refractivity contribution in [3.8, 4) is 11.5 Å². The van der Waals surface area contributed by atoms with Gasteiger partial charge < -0.3 is 9.47 Å². The fourth-order valence-corrected chi connectivity index (χ4v) is 5.64. The second-order valence-electron chi connectivity index (χ2n) is 7.40. The third-order valence-corrected chi connectivity index (χ3v) is 6.96. The van der Waals surface area contributed by atoms with Crippen molar-refractivity contribution in [2.75, 3.05) is 0 Å². The van der Waals surface area contributed by atoms with Gasteiger partial charge in [0.25, 0.3) is 0 Å². The highest BCUT2D eigenvalue weighted by Gasteiger charge is 2.51. The first-order valence-electron chi connectivity index (χ1n) is 9.05. The zero-order valence-corrected chi connectivity index (χ0v) is 17.5. The number of hydrogen-bond acceptors (Lipinski definition) is 4. The van der Waals surface area contributed by atoms with Crippen LogP contribution in [0.3, 0.4) is 0 Å². The largest absolute Gasteiger partial charge is 0.426 e. The zero-order valence-electron chi connectivity index (χ0n) is 14.3. The first kappa shape index (κ1) is 17.4. The third-order valence-electron chi connectivity index (χ3n) is 5.97. The van der Waals surface area contributed by atoms with Gasteiger partial charge in [0.15, 0.2) is 0 Å². The number of benzene rings is 2. The smallest absolute Gasteiger partial charge is 0.314 e. The Kier molecular flexibility index (Phi) is 4.17. The third kappa shape index (κ3) is 2.76. The van der Waals surface area contributed by atoms with Crippen LogP contribution in [0.4, 0.5) is 0 Å². The Morgan fingerprint density at radius 1 is 0.741 bits per heavy atom. The van der Waals surface area contributed by atoms with Gasteiger partial charge in [-0.2, -0.15) is 0 Å². The first-order valence-corrected chi connectivity index (χ1v) is 10.6. The molecule has 0 saturated heterocycles. The van der Waals surface area contributed by atoms with Crippen LogP contribution in [-0.2, 0) is 9.59 Å². The second-order valence-corrected chi connectivity index (χ2v) is 9.23. The van der Waals surface area contributed by atoms with Gasteiger partial charge in [0, 0.05) is 31.9 Å². The van der Waals surface area contributed by atoms with Crippen molar-refractivity contribution in [1.82, 2.24) is 0 Å². The summed E-state index contributed by atoms with van der Waals surface area (Å²) in [6.07, 6.45) is 2.25. The summed E-state index contributed by atoms with van der Waals surface area (Å²) in [5.41, 5.74) is 1.98. The van der Waals surface area contributed by atoms with E-state index < -0.39 is 0 Å². The first-order chi connectivity index (χ1) is 13.0. The molecule has 0 bridgehead atoms. The molecule has 1 saturated carbocycles. The molecule has 138 valence electrons. The van der Waals surface area contributed by atoms with Gasteiger partial charge in [-0.3, -0.25) is 9.59 Å². The highest BCUT2D eigenvalue weighted by molar-refractivity contribution is 9.10. The zero-order chi connectivity index (χ0) is 18.7. The van der Waals surface area contributed by atoms with E-state index in [-0.39, 0.29) is 35.6 Å². The van der Waals surface area contributed by atoms with Gasteiger partial charge in [0.05, 0.1) is 11.8 Å². The Labute approximate surface area is 173 Å². The summed E-state index contributed by atoms with van der Waals surface area (Å²) in [7, 11) is 0. The predicted molar refractivity (Wildman–Crippen MR) is 106 cm³/mol. The number of halogens is 2. The van der Waals surface area contributed by atoms with Crippen LogP contribution >= 0.6 is 31.9 Å². The van der Waals surface area contributed by atoms with E-state index in [0.29, 0.717) is 11.5 Å². The number of rotatable bonds is 0. The normalized spacial score (nSPS) is 28.7. The molecule has 0 amide bonds. The van der Waals surface area contributed by atoms with Crippen molar-refractivity contribution < 1.29 is 19.1 Å². The van der Waals surface area contributed by atoms with Crippen LogP contribution in [0.15, 0.2) is 45.3 Å². The number of carbonyl (C=O) groups is 2. The molecule has 0 radical (unpaired) electrons. The van der Waals surface area contributed by atoms with Gasteiger partial charge in [-0.1, -0.05) is 38.3 Å². The van der Waals surface area contributed by atoms with Crippen LogP contribution in [0, 0.1) is 11.8 Å². The lowest BCUT2D eigenvalue weighted by Crippen LogP contribution is -2.39. The van der Waals surface area contributed by atoms with Crippen molar-refractivity contribution in [3.05, 3.63) is 56.5 Å². The van der Waals surface area contributed by atoms with Crippen LogP contribution in [0.5, 0.6) is 11.5 Å².